The van der Waals surface area contributed by atoms with Crippen LogP contribution in [0.2, 0.25) is 0 Å². The van der Waals surface area contributed by atoms with Gasteiger partial charge in [-0.3, -0.25) is 4.79 Å². The molecule has 0 aliphatic carbocycles. The summed E-state index contributed by atoms with van der Waals surface area (Å²) >= 11 is 0. The largest absolute Gasteiger partial charge is 0.461 e. The predicted molar refractivity (Wildman–Crippen MR) is 90.8 cm³/mol. The molecule has 0 atom stereocenters. The van der Waals surface area contributed by atoms with Gasteiger partial charge in [-0.15, -0.1) is 0 Å². The van der Waals surface area contributed by atoms with Gasteiger partial charge in [0.1, 0.15) is 6.61 Å². The number of hydrogen-bond acceptors (Lipinski definition) is 2. The summed E-state index contributed by atoms with van der Waals surface area (Å²) in [6.45, 7) is 19.7. The van der Waals surface area contributed by atoms with Crippen LogP contribution in [0.1, 0.15) is 60.8 Å². The topological polar surface area (TPSA) is 26.3 Å². The van der Waals surface area contributed by atoms with Gasteiger partial charge in [0.2, 0.25) is 0 Å². The monoisotopic (exact) mass is 282 g/mol. The lowest BCUT2D eigenvalue weighted by Gasteiger charge is -2.11. The Morgan fingerprint density at radius 1 is 1.10 bits per heavy atom. The van der Waals surface area contributed by atoms with E-state index in [2.05, 4.69) is 27.0 Å². The third-order valence-corrected chi connectivity index (χ3v) is 2.29. The molecule has 0 aliphatic heterocycles. The normalized spacial score (nSPS) is 9.65. The zero-order valence-electron chi connectivity index (χ0n) is 14.4. The number of carbonyl (C=O) groups is 1. The summed E-state index contributed by atoms with van der Waals surface area (Å²) in [7, 11) is 0. The van der Waals surface area contributed by atoms with Crippen LogP contribution in [0.4, 0.5) is 0 Å². The van der Waals surface area contributed by atoms with Crippen molar-refractivity contribution < 1.29 is 9.53 Å². The van der Waals surface area contributed by atoms with Crippen LogP contribution in [0.3, 0.4) is 0 Å². The summed E-state index contributed by atoms with van der Waals surface area (Å²) in [4.78, 5) is 11.5. The molecule has 0 unspecified atom stereocenters. The summed E-state index contributed by atoms with van der Waals surface area (Å²) in [5.74, 6) is -0.114. The maximum absolute atomic E-state index is 11.5. The summed E-state index contributed by atoms with van der Waals surface area (Å²) < 4.78 is 5.17. The number of hydrogen-bond donors (Lipinski definition) is 0. The van der Waals surface area contributed by atoms with E-state index in [1.807, 2.05) is 27.7 Å². The fourth-order valence-electron chi connectivity index (χ4n) is 1.22. The third kappa shape index (κ3) is 14.7. The van der Waals surface area contributed by atoms with Crippen LogP contribution in [-0.4, -0.2) is 12.6 Å². The standard InChI is InChI=1S/C13H20O2.C3H8.C2H6/c1-5-9-11(6-2)10-15-13(14)12(7-3)8-4;1-3-2;1-2/h5-6,9,12H,1-2,7-8,10H2,3-4H3;3H2,1-2H3;1-2H3/b11-9+;;. The molecule has 0 aromatic rings. The maximum Gasteiger partial charge on any atom is 0.309 e. The number of esters is 1. The van der Waals surface area contributed by atoms with Gasteiger partial charge in [-0.05, 0) is 18.4 Å². The van der Waals surface area contributed by atoms with E-state index in [-0.39, 0.29) is 18.5 Å². The van der Waals surface area contributed by atoms with Gasteiger partial charge >= 0.3 is 5.97 Å². The van der Waals surface area contributed by atoms with Gasteiger partial charge in [-0.1, -0.05) is 79.3 Å². The van der Waals surface area contributed by atoms with Gasteiger partial charge in [0.05, 0.1) is 5.92 Å². The molecule has 0 fully saturated rings. The molecule has 0 saturated carbocycles. The first kappa shape index (κ1) is 23.8. The lowest BCUT2D eigenvalue weighted by atomic mass is 10.0. The van der Waals surface area contributed by atoms with Gasteiger partial charge in [-0.25, -0.2) is 0 Å². The Balaban J connectivity index is -0.000000505. The Morgan fingerprint density at radius 3 is 1.85 bits per heavy atom. The molecule has 0 N–H and O–H groups in total. The van der Waals surface area contributed by atoms with Crippen LogP contribution in [0.15, 0.2) is 37.0 Å². The lowest BCUT2D eigenvalue weighted by Crippen LogP contribution is -2.17. The molecule has 20 heavy (non-hydrogen) atoms. The Morgan fingerprint density at radius 2 is 1.55 bits per heavy atom. The zero-order valence-corrected chi connectivity index (χ0v) is 14.4. The van der Waals surface area contributed by atoms with Crippen molar-refractivity contribution in [2.75, 3.05) is 6.61 Å². The molecular weight excluding hydrogens is 248 g/mol. The quantitative estimate of drug-likeness (QED) is 0.442. The Bertz CT molecular complexity index is 261. The van der Waals surface area contributed by atoms with E-state index in [0.29, 0.717) is 0 Å². The second kappa shape index (κ2) is 20.0. The summed E-state index contributed by atoms with van der Waals surface area (Å²) in [6, 6.07) is 0. The van der Waals surface area contributed by atoms with Crippen molar-refractivity contribution in [2.45, 2.75) is 60.8 Å². The maximum atomic E-state index is 11.5. The highest BCUT2D eigenvalue weighted by atomic mass is 16.5. The number of rotatable bonds is 7. The third-order valence-electron chi connectivity index (χ3n) is 2.29. The van der Waals surface area contributed by atoms with Gasteiger partial charge in [0.15, 0.2) is 0 Å². The predicted octanol–water partition coefficient (Wildman–Crippen LogP) is 5.71. The van der Waals surface area contributed by atoms with Crippen LogP contribution in [0.5, 0.6) is 0 Å². The first-order valence-corrected chi connectivity index (χ1v) is 7.71. The van der Waals surface area contributed by atoms with E-state index >= 15 is 0 Å². The minimum absolute atomic E-state index is 0.0137. The van der Waals surface area contributed by atoms with E-state index in [4.69, 9.17) is 4.74 Å². The van der Waals surface area contributed by atoms with E-state index in [1.165, 1.54) is 6.42 Å². The van der Waals surface area contributed by atoms with Crippen LogP contribution in [0, 0.1) is 5.92 Å². The van der Waals surface area contributed by atoms with Crippen LogP contribution in [0.25, 0.3) is 0 Å². The van der Waals surface area contributed by atoms with E-state index in [9.17, 15) is 4.79 Å². The SMILES string of the molecule is C=C/C=C(\C=C)COC(=O)C(CC)CC.CC.CCC. The molecule has 0 saturated heterocycles. The minimum atomic E-state index is -0.128. The highest BCUT2D eigenvalue weighted by Crippen LogP contribution is 2.10. The fourth-order valence-corrected chi connectivity index (χ4v) is 1.22. The molecular formula is C18H34O2. The second-order valence-electron chi connectivity index (χ2n) is 4.01. The van der Waals surface area contributed by atoms with Crippen LogP contribution in [-0.2, 0) is 9.53 Å². The van der Waals surface area contributed by atoms with Gasteiger partial charge < -0.3 is 4.74 Å². The molecule has 0 spiro atoms. The van der Waals surface area contributed by atoms with E-state index in [0.717, 1.165) is 18.4 Å². The summed E-state index contributed by atoms with van der Waals surface area (Å²) in [6.07, 6.45) is 8.00. The Kier molecular flexibility index (Phi) is 23.8. The Hall–Kier alpha value is -1.31. The molecule has 0 aromatic carbocycles. The average molecular weight is 282 g/mol. The van der Waals surface area contributed by atoms with Crippen molar-refractivity contribution >= 4 is 5.97 Å². The number of carbonyl (C=O) groups excluding carboxylic acids is 1. The van der Waals surface area contributed by atoms with E-state index < -0.39 is 0 Å². The second-order valence-corrected chi connectivity index (χ2v) is 4.01. The van der Waals surface area contributed by atoms with Crippen LogP contribution < -0.4 is 0 Å². The van der Waals surface area contributed by atoms with E-state index in [1.54, 1.807) is 18.2 Å². The molecule has 0 radical (unpaired) electrons. The molecule has 2 nitrogen and oxygen atoms in total. The molecule has 0 bridgehead atoms. The first-order chi connectivity index (χ1) is 9.60. The van der Waals surface area contributed by atoms with Crippen molar-refractivity contribution in [2.24, 2.45) is 5.92 Å². The summed E-state index contributed by atoms with van der Waals surface area (Å²) in [5.41, 5.74) is 0.865. The molecule has 0 aliphatic rings. The van der Waals surface area contributed by atoms with Gasteiger partial charge in [0, 0.05) is 0 Å². The highest BCUT2D eigenvalue weighted by molar-refractivity contribution is 5.72. The smallest absolute Gasteiger partial charge is 0.309 e. The Labute approximate surface area is 126 Å². The average Bonchev–Trinajstić information content (AvgIpc) is 2.47. The minimum Gasteiger partial charge on any atom is -0.461 e. The molecule has 0 heterocycles. The number of allylic oxidation sites excluding steroid dienone is 2. The van der Waals surface area contributed by atoms with Gasteiger partial charge in [0.25, 0.3) is 0 Å². The molecule has 0 aromatic heterocycles. The molecule has 0 rings (SSSR count). The lowest BCUT2D eigenvalue weighted by molar-refractivity contribution is -0.147. The zero-order chi connectivity index (χ0) is 16.4. The van der Waals surface area contributed by atoms with Crippen LogP contribution >= 0.6 is 0 Å². The van der Waals surface area contributed by atoms with Crippen molar-refractivity contribution in [3.05, 3.63) is 37.0 Å². The van der Waals surface area contributed by atoms with Crippen molar-refractivity contribution in [3.8, 4) is 0 Å². The number of ether oxygens (including phenoxy) is 1. The van der Waals surface area contributed by atoms with Crippen molar-refractivity contribution in [1.82, 2.24) is 0 Å². The first-order valence-electron chi connectivity index (χ1n) is 7.71. The van der Waals surface area contributed by atoms with Gasteiger partial charge in [-0.2, -0.15) is 0 Å². The van der Waals surface area contributed by atoms with Crippen molar-refractivity contribution in [3.63, 3.8) is 0 Å². The van der Waals surface area contributed by atoms with Crippen molar-refractivity contribution in [1.29, 1.82) is 0 Å². The highest BCUT2D eigenvalue weighted by Gasteiger charge is 2.15. The summed E-state index contributed by atoms with van der Waals surface area (Å²) in [5, 5.41) is 0. The molecule has 0 amide bonds. The molecule has 2 heteroatoms. The fraction of sp³-hybridized carbons (Fsp3) is 0.611. The molecule has 118 valence electrons.